The summed E-state index contributed by atoms with van der Waals surface area (Å²) in [5, 5.41) is 2.19. The van der Waals surface area contributed by atoms with Crippen LogP contribution in [0.15, 0.2) is 47.8 Å². The molecule has 0 aliphatic heterocycles. The lowest BCUT2D eigenvalue weighted by Crippen LogP contribution is -2.20. The van der Waals surface area contributed by atoms with Gasteiger partial charge < -0.3 is 4.90 Å². The van der Waals surface area contributed by atoms with Crippen LogP contribution >= 0.6 is 11.3 Å². The molecule has 2 rings (SSSR count). The summed E-state index contributed by atoms with van der Waals surface area (Å²) in [7, 11) is 2.22. The highest BCUT2D eigenvalue weighted by Gasteiger charge is 2.11. The first-order valence-electron chi connectivity index (χ1n) is 7.05. The van der Waals surface area contributed by atoms with E-state index in [1.165, 1.54) is 23.3 Å². The van der Waals surface area contributed by atoms with Crippen LogP contribution in [0.25, 0.3) is 0 Å². The third-order valence-electron chi connectivity index (χ3n) is 3.59. The van der Waals surface area contributed by atoms with Crippen molar-refractivity contribution >= 4 is 11.3 Å². The fourth-order valence-corrected chi connectivity index (χ4v) is 3.37. The summed E-state index contributed by atoms with van der Waals surface area (Å²) in [6.45, 7) is 4.49. The van der Waals surface area contributed by atoms with Gasteiger partial charge in [-0.25, -0.2) is 0 Å². The lowest BCUT2D eigenvalue weighted by molar-refractivity contribution is 0.310. The predicted molar refractivity (Wildman–Crippen MR) is 84.7 cm³/mol. The monoisotopic (exact) mass is 273 g/mol. The van der Waals surface area contributed by atoms with Crippen LogP contribution in [0, 0.1) is 0 Å². The molecular weight excluding hydrogens is 250 g/mol. The summed E-state index contributed by atoms with van der Waals surface area (Å²) < 4.78 is 0. The first kappa shape index (κ1) is 14.3. The van der Waals surface area contributed by atoms with Gasteiger partial charge in [0.05, 0.1) is 0 Å². The maximum Gasteiger partial charge on any atom is 0.0230 e. The van der Waals surface area contributed by atoms with Gasteiger partial charge in [-0.1, -0.05) is 43.3 Å². The lowest BCUT2D eigenvalue weighted by Gasteiger charge is -2.20. The van der Waals surface area contributed by atoms with Crippen LogP contribution in [0.1, 0.15) is 36.1 Å². The molecule has 0 aliphatic rings. The van der Waals surface area contributed by atoms with Crippen LogP contribution in [-0.4, -0.2) is 18.5 Å². The molecule has 0 N–H and O–H groups in total. The van der Waals surface area contributed by atoms with E-state index in [9.17, 15) is 0 Å². The summed E-state index contributed by atoms with van der Waals surface area (Å²) in [5.41, 5.74) is 1.40. The Morgan fingerprint density at radius 2 is 1.89 bits per heavy atom. The Morgan fingerprint density at radius 3 is 2.53 bits per heavy atom. The van der Waals surface area contributed by atoms with Crippen LogP contribution in [-0.2, 0) is 6.54 Å². The highest BCUT2D eigenvalue weighted by atomic mass is 32.1. The topological polar surface area (TPSA) is 3.24 Å². The minimum Gasteiger partial charge on any atom is -0.302 e. The van der Waals surface area contributed by atoms with Crippen LogP contribution in [0.5, 0.6) is 0 Å². The molecule has 0 amide bonds. The Morgan fingerprint density at radius 1 is 1.11 bits per heavy atom. The molecule has 0 bridgehead atoms. The Kier molecular flexibility index (Phi) is 5.62. The lowest BCUT2D eigenvalue weighted by atomic mass is 10.0. The minimum absolute atomic E-state index is 0.721. The van der Waals surface area contributed by atoms with Gasteiger partial charge in [0.25, 0.3) is 0 Å². The van der Waals surface area contributed by atoms with Gasteiger partial charge in [0.1, 0.15) is 0 Å². The molecule has 0 saturated heterocycles. The molecule has 1 aromatic carbocycles. The van der Waals surface area contributed by atoms with Crippen molar-refractivity contribution in [2.24, 2.45) is 0 Å². The van der Waals surface area contributed by atoms with Crippen molar-refractivity contribution < 1.29 is 0 Å². The van der Waals surface area contributed by atoms with Gasteiger partial charge >= 0.3 is 0 Å². The SMILES string of the molecule is CCC(CCN(C)Cc1ccccc1)c1cccs1. The van der Waals surface area contributed by atoms with Crippen molar-refractivity contribution in [2.45, 2.75) is 32.2 Å². The van der Waals surface area contributed by atoms with E-state index in [1.807, 2.05) is 11.3 Å². The Hall–Kier alpha value is -1.12. The van der Waals surface area contributed by atoms with E-state index in [0.717, 1.165) is 19.0 Å². The zero-order valence-corrected chi connectivity index (χ0v) is 12.7. The van der Waals surface area contributed by atoms with Gasteiger partial charge in [-0.05, 0) is 49.4 Å². The summed E-state index contributed by atoms with van der Waals surface area (Å²) >= 11 is 1.89. The average molecular weight is 273 g/mol. The molecule has 0 aliphatic carbocycles. The van der Waals surface area contributed by atoms with Crippen molar-refractivity contribution in [3.05, 3.63) is 58.3 Å². The molecule has 0 spiro atoms. The second kappa shape index (κ2) is 7.46. The second-order valence-corrected chi connectivity index (χ2v) is 6.11. The third-order valence-corrected chi connectivity index (χ3v) is 4.63. The summed E-state index contributed by atoms with van der Waals surface area (Å²) in [4.78, 5) is 3.96. The molecule has 0 radical (unpaired) electrons. The van der Waals surface area contributed by atoms with Crippen LogP contribution < -0.4 is 0 Å². The largest absolute Gasteiger partial charge is 0.302 e. The fraction of sp³-hybridized carbons (Fsp3) is 0.412. The van der Waals surface area contributed by atoms with Gasteiger partial charge in [0, 0.05) is 11.4 Å². The van der Waals surface area contributed by atoms with Crippen molar-refractivity contribution in [3.8, 4) is 0 Å². The Balaban J connectivity index is 1.81. The molecular formula is C17H23NS. The first-order chi connectivity index (χ1) is 9.29. The zero-order valence-electron chi connectivity index (χ0n) is 11.9. The standard InChI is InChI=1S/C17H23NS/c1-3-16(17-10-7-13-19-17)11-12-18(2)14-15-8-5-4-6-9-15/h4-10,13,16H,3,11-12,14H2,1-2H3. The molecule has 1 heterocycles. The van der Waals surface area contributed by atoms with Crippen LogP contribution in [0.2, 0.25) is 0 Å². The van der Waals surface area contributed by atoms with Gasteiger partial charge in [0.2, 0.25) is 0 Å². The summed E-state index contributed by atoms with van der Waals surface area (Å²) in [6, 6.07) is 15.1. The van der Waals surface area contributed by atoms with Crippen molar-refractivity contribution in [1.82, 2.24) is 4.90 Å². The fourth-order valence-electron chi connectivity index (χ4n) is 2.42. The Labute approximate surface area is 120 Å². The smallest absolute Gasteiger partial charge is 0.0230 e. The third kappa shape index (κ3) is 4.48. The molecule has 2 aromatic rings. The van der Waals surface area contributed by atoms with E-state index < -0.39 is 0 Å². The number of benzene rings is 1. The van der Waals surface area contributed by atoms with Crippen molar-refractivity contribution in [3.63, 3.8) is 0 Å². The summed E-state index contributed by atoms with van der Waals surface area (Å²) in [6.07, 6.45) is 2.49. The molecule has 1 unspecified atom stereocenters. The number of hydrogen-bond acceptors (Lipinski definition) is 2. The maximum absolute atomic E-state index is 2.42. The summed E-state index contributed by atoms with van der Waals surface area (Å²) in [5.74, 6) is 0.721. The van der Waals surface area contributed by atoms with E-state index in [0.29, 0.717) is 0 Å². The molecule has 2 heteroatoms. The molecule has 0 saturated carbocycles. The van der Waals surface area contributed by atoms with Gasteiger partial charge in [-0.15, -0.1) is 11.3 Å². The maximum atomic E-state index is 2.42. The highest BCUT2D eigenvalue weighted by molar-refractivity contribution is 7.10. The van der Waals surface area contributed by atoms with Gasteiger partial charge in [-0.2, -0.15) is 0 Å². The number of hydrogen-bond donors (Lipinski definition) is 0. The van der Waals surface area contributed by atoms with E-state index in [2.05, 4.69) is 66.7 Å². The molecule has 1 atom stereocenters. The number of thiophene rings is 1. The molecule has 1 nitrogen and oxygen atoms in total. The molecule has 19 heavy (non-hydrogen) atoms. The second-order valence-electron chi connectivity index (χ2n) is 5.13. The van der Waals surface area contributed by atoms with Crippen LogP contribution in [0.3, 0.4) is 0 Å². The van der Waals surface area contributed by atoms with E-state index in [1.54, 1.807) is 0 Å². The van der Waals surface area contributed by atoms with Crippen LogP contribution in [0.4, 0.5) is 0 Å². The molecule has 0 fully saturated rings. The van der Waals surface area contributed by atoms with E-state index >= 15 is 0 Å². The predicted octanol–water partition coefficient (Wildman–Crippen LogP) is 4.76. The Bertz CT molecular complexity index is 449. The van der Waals surface area contributed by atoms with Gasteiger partial charge in [-0.3, -0.25) is 0 Å². The number of rotatable bonds is 7. The average Bonchev–Trinajstić information content (AvgIpc) is 2.95. The van der Waals surface area contributed by atoms with E-state index in [-0.39, 0.29) is 0 Å². The molecule has 102 valence electrons. The quantitative estimate of drug-likeness (QED) is 0.703. The molecule has 1 aromatic heterocycles. The highest BCUT2D eigenvalue weighted by Crippen LogP contribution is 2.27. The normalized spacial score (nSPS) is 12.8. The number of nitrogens with zero attached hydrogens (tertiary/aromatic N) is 1. The minimum atomic E-state index is 0.721. The van der Waals surface area contributed by atoms with Crippen molar-refractivity contribution in [1.29, 1.82) is 0 Å². The first-order valence-corrected chi connectivity index (χ1v) is 7.93. The van der Waals surface area contributed by atoms with E-state index in [4.69, 9.17) is 0 Å². The van der Waals surface area contributed by atoms with Crippen molar-refractivity contribution in [2.75, 3.05) is 13.6 Å². The zero-order chi connectivity index (χ0) is 13.5. The van der Waals surface area contributed by atoms with Gasteiger partial charge in [0.15, 0.2) is 0 Å².